The number of nitrogens with zero attached hydrogens (tertiary/aromatic N) is 2. The van der Waals surface area contributed by atoms with Gasteiger partial charge in [-0.05, 0) is 19.1 Å². The number of halogens is 1. The van der Waals surface area contributed by atoms with Crippen LogP contribution in [0, 0.1) is 0 Å². The first-order chi connectivity index (χ1) is 8.22. The Hall–Kier alpha value is -1.46. The van der Waals surface area contributed by atoms with Gasteiger partial charge in [0.25, 0.3) is 0 Å². The number of carbonyl (C=O) groups is 1. The molecule has 0 aliphatic carbocycles. The summed E-state index contributed by atoms with van der Waals surface area (Å²) in [5.41, 5.74) is 1.34. The second-order valence-corrected chi connectivity index (χ2v) is 4.68. The molecule has 2 rings (SSSR count). The van der Waals surface area contributed by atoms with Gasteiger partial charge in [-0.25, -0.2) is 9.78 Å². The van der Waals surface area contributed by atoms with Gasteiger partial charge in [0, 0.05) is 18.0 Å². The van der Waals surface area contributed by atoms with Crippen molar-refractivity contribution in [2.45, 2.75) is 6.92 Å². The Morgan fingerprint density at radius 3 is 2.82 bits per heavy atom. The van der Waals surface area contributed by atoms with Crippen LogP contribution < -0.4 is 0 Å². The van der Waals surface area contributed by atoms with Gasteiger partial charge in [0.1, 0.15) is 4.88 Å². The van der Waals surface area contributed by atoms with E-state index in [0.717, 1.165) is 16.9 Å². The molecule has 0 radical (unpaired) electrons. The maximum atomic E-state index is 11.7. The van der Waals surface area contributed by atoms with Crippen molar-refractivity contribution in [3.63, 3.8) is 0 Å². The van der Waals surface area contributed by atoms with Crippen molar-refractivity contribution < 1.29 is 9.53 Å². The lowest BCUT2D eigenvalue weighted by atomic mass is 10.2. The molecular formula is C11H9ClN2O2S. The molecule has 0 spiro atoms. The van der Waals surface area contributed by atoms with E-state index in [2.05, 4.69) is 9.97 Å². The number of rotatable bonds is 3. The zero-order chi connectivity index (χ0) is 12.3. The fraction of sp³-hybridized carbons (Fsp3) is 0.182. The first-order valence-corrected chi connectivity index (χ1v) is 6.15. The van der Waals surface area contributed by atoms with Crippen LogP contribution in [0.25, 0.3) is 11.3 Å². The molecule has 0 fully saturated rings. The van der Waals surface area contributed by atoms with Crippen LogP contribution in [0.3, 0.4) is 0 Å². The second-order valence-electron chi connectivity index (χ2n) is 3.10. The van der Waals surface area contributed by atoms with E-state index < -0.39 is 5.97 Å². The van der Waals surface area contributed by atoms with E-state index in [1.807, 2.05) is 0 Å². The summed E-state index contributed by atoms with van der Waals surface area (Å²) in [6.45, 7) is 2.08. The average molecular weight is 269 g/mol. The van der Waals surface area contributed by atoms with Gasteiger partial charge in [-0.2, -0.15) is 0 Å². The molecule has 0 unspecified atom stereocenters. The molecular weight excluding hydrogens is 260 g/mol. The number of carbonyl (C=O) groups excluding carboxylic acids is 1. The summed E-state index contributed by atoms with van der Waals surface area (Å²) in [5, 5.41) is 0. The molecule has 2 heterocycles. The summed E-state index contributed by atoms with van der Waals surface area (Å²) < 4.78 is 5.28. The lowest BCUT2D eigenvalue weighted by molar-refractivity contribution is 0.0532. The Bertz CT molecular complexity index is 528. The van der Waals surface area contributed by atoms with E-state index in [4.69, 9.17) is 16.3 Å². The SMILES string of the molecule is CCOC(=O)c1sc(Cl)nc1-c1ccncc1. The van der Waals surface area contributed by atoms with Gasteiger partial charge in [-0.15, -0.1) is 0 Å². The van der Waals surface area contributed by atoms with Crippen LogP contribution in [0.4, 0.5) is 0 Å². The summed E-state index contributed by atoms with van der Waals surface area (Å²) in [6, 6.07) is 3.54. The molecule has 0 amide bonds. The zero-order valence-electron chi connectivity index (χ0n) is 9.01. The minimum atomic E-state index is -0.399. The molecule has 0 saturated heterocycles. The molecule has 4 nitrogen and oxygen atoms in total. The predicted octanol–water partition coefficient (Wildman–Crippen LogP) is 3.04. The monoisotopic (exact) mass is 268 g/mol. The molecule has 2 aromatic heterocycles. The van der Waals surface area contributed by atoms with Crippen molar-refractivity contribution in [2.24, 2.45) is 0 Å². The molecule has 0 N–H and O–H groups in total. The maximum Gasteiger partial charge on any atom is 0.350 e. The Kier molecular flexibility index (Phi) is 3.71. The maximum absolute atomic E-state index is 11.7. The fourth-order valence-corrected chi connectivity index (χ4v) is 2.36. The van der Waals surface area contributed by atoms with Crippen molar-refractivity contribution in [1.82, 2.24) is 9.97 Å². The normalized spacial score (nSPS) is 10.2. The fourth-order valence-electron chi connectivity index (χ4n) is 1.33. The van der Waals surface area contributed by atoms with Crippen LogP contribution in [0.1, 0.15) is 16.6 Å². The van der Waals surface area contributed by atoms with Gasteiger partial charge in [-0.1, -0.05) is 22.9 Å². The first-order valence-electron chi connectivity index (χ1n) is 4.96. The van der Waals surface area contributed by atoms with Crippen LogP contribution in [-0.2, 0) is 4.74 Å². The standard InChI is InChI=1S/C11H9ClN2O2S/c1-2-16-10(15)9-8(14-11(12)17-9)7-3-5-13-6-4-7/h3-6H,2H2,1H3. The summed E-state index contributed by atoms with van der Waals surface area (Å²) in [4.78, 5) is 20.2. The van der Waals surface area contributed by atoms with Crippen molar-refractivity contribution in [2.75, 3.05) is 6.61 Å². The third-order valence-corrected chi connectivity index (χ3v) is 3.16. The average Bonchev–Trinajstić information content (AvgIpc) is 2.73. The van der Waals surface area contributed by atoms with Crippen LogP contribution in [0.2, 0.25) is 4.47 Å². The first kappa shape index (κ1) is 12.0. The zero-order valence-corrected chi connectivity index (χ0v) is 10.6. The highest BCUT2D eigenvalue weighted by Gasteiger charge is 2.19. The van der Waals surface area contributed by atoms with E-state index in [9.17, 15) is 4.79 Å². The molecule has 0 aromatic carbocycles. The summed E-state index contributed by atoms with van der Waals surface area (Å²) >= 11 is 6.96. The van der Waals surface area contributed by atoms with Crippen LogP contribution in [-0.4, -0.2) is 22.5 Å². The van der Waals surface area contributed by atoms with Gasteiger partial charge in [-0.3, -0.25) is 4.98 Å². The molecule has 0 aliphatic rings. The number of thiazole rings is 1. The lowest BCUT2D eigenvalue weighted by Crippen LogP contribution is -2.03. The number of hydrogen-bond acceptors (Lipinski definition) is 5. The van der Waals surface area contributed by atoms with Gasteiger partial charge >= 0.3 is 5.97 Å². The van der Waals surface area contributed by atoms with Gasteiger partial charge in [0.05, 0.1) is 12.3 Å². The topological polar surface area (TPSA) is 52.1 Å². The molecule has 88 valence electrons. The van der Waals surface area contributed by atoms with E-state index in [-0.39, 0.29) is 0 Å². The van der Waals surface area contributed by atoms with E-state index in [1.165, 1.54) is 0 Å². The highest BCUT2D eigenvalue weighted by atomic mass is 35.5. The molecule has 2 aromatic rings. The second kappa shape index (κ2) is 5.25. The van der Waals surface area contributed by atoms with E-state index in [1.54, 1.807) is 31.5 Å². The van der Waals surface area contributed by atoms with E-state index >= 15 is 0 Å². The third-order valence-electron chi connectivity index (χ3n) is 2.02. The van der Waals surface area contributed by atoms with Crippen LogP contribution >= 0.6 is 22.9 Å². The molecule has 6 heteroatoms. The molecule has 0 saturated carbocycles. The minimum absolute atomic E-state index is 0.319. The van der Waals surface area contributed by atoms with Gasteiger partial charge in [0.15, 0.2) is 4.47 Å². The van der Waals surface area contributed by atoms with Gasteiger partial charge < -0.3 is 4.74 Å². The Morgan fingerprint density at radius 2 is 2.18 bits per heavy atom. The van der Waals surface area contributed by atoms with Crippen molar-refractivity contribution in [1.29, 1.82) is 0 Å². The molecule has 0 bridgehead atoms. The summed E-state index contributed by atoms with van der Waals surface area (Å²) in [6.07, 6.45) is 3.27. The van der Waals surface area contributed by atoms with Gasteiger partial charge in [0.2, 0.25) is 0 Å². The number of hydrogen-bond donors (Lipinski definition) is 0. The third kappa shape index (κ3) is 2.62. The molecule has 0 aliphatic heterocycles. The Morgan fingerprint density at radius 1 is 1.47 bits per heavy atom. The van der Waals surface area contributed by atoms with Crippen LogP contribution in [0.5, 0.6) is 0 Å². The summed E-state index contributed by atoms with van der Waals surface area (Å²) in [5.74, 6) is -0.399. The summed E-state index contributed by atoms with van der Waals surface area (Å²) in [7, 11) is 0. The van der Waals surface area contributed by atoms with Crippen molar-refractivity contribution in [3.8, 4) is 11.3 Å². The van der Waals surface area contributed by atoms with Crippen molar-refractivity contribution >= 4 is 28.9 Å². The highest BCUT2D eigenvalue weighted by molar-refractivity contribution is 7.17. The van der Waals surface area contributed by atoms with E-state index in [0.29, 0.717) is 21.6 Å². The van der Waals surface area contributed by atoms with Crippen LogP contribution in [0.15, 0.2) is 24.5 Å². The highest BCUT2D eigenvalue weighted by Crippen LogP contribution is 2.31. The quantitative estimate of drug-likeness (QED) is 0.803. The number of pyridine rings is 1. The van der Waals surface area contributed by atoms with Crippen molar-refractivity contribution in [3.05, 3.63) is 33.9 Å². The predicted molar refractivity (Wildman–Crippen MR) is 66.3 cm³/mol. The Labute approximate surface area is 107 Å². The largest absolute Gasteiger partial charge is 0.462 e. The molecule has 0 atom stereocenters. The minimum Gasteiger partial charge on any atom is -0.462 e. The number of esters is 1. The Balaban J connectivity index is 2.44. The smallest absolute Gasteiger partial charge is 0.350 e. The lowest BCUT2D eigenvalue weighted by Gasteiger charge is -2.01. The number of ether oxygens (including phenoxy) is 1. The number of aromatic nitrogens is 2. The molecule has 17 heavy (non-hydrogen) atoms.